The van der Waals surface area contributed by atoms with Crippen LogP contribution in [0.15, 0.2) is 42.9 Å². The average Bonchev–Trinajstić information content (AvgIpc) is 3.41. The summed E-state index contributed by atoms with van der Waals surface area (Å²) in [6.45, 7) is 7.88. The molecule has 4 rings (SSSR count). The molecule has 0 fully saturated rings. The molecule has 0 saturated carbocycles. The van der Waals surface area contributed by atoms with E-state index in [1.807, 2.05) is 0 Å². The highest BCUT2D eigenvalue weighted by Gasteiger charge is 2.25. The summed E-state index contributed by atoms with van der Waals surface area (Å²) in [7, 11) is 1.27. The van der Waals surface area contributed by atoms with Crippen LogP contribution in [0.3, 0.4) is 0 Å². The average molecular weight is 471 g/mol. The second kappa shape index (κ2) is 8.73. The van der Waals surface area contributed by atoms with Crippen LogP contribution in [0.1, 0.15) is 0 Å². The minimum atomic E-state index is -0.641. The molecule has 3 heterocycles. The minimum Gasteiger partial charge on any atom is -0.453 e. The number of pyridine rings is 1. The van der Waals surface area contributed by atoms with Crippen molar-refractivity contribution in [1.82, 2.24) is 20.2 Å². The second-order valence-corrected chi connectivity index (χ2v) is 7.96. The van der Waals surface area contributed by atoms with Crippen LogP contribution >= 0.6 is 34.5 Å². The zero-order chi connectivity index (χ0) is 22.0. The maximum atomic E-state index is 11.6. The Bertz CT molecular complexity index is 1310. The normalized spacial score (nSPS) is 10.5. The first-order chi connectivity index (χ1) is 15.0. The van der Waals surface area contributed by atoms with Crippen molar-refractivity contribution in [3.63, 3.8) is 0 Å². The summed E-state index contributed by atoms with van der Waals surface area (Å²) < 4.78 is 4.62. The maximum Gasteiger partial charge on any atom is 0.412 e. The number of halogens is 2. The Kier molecular flexibility index (Phi) is 5.86. The van der Waals surface area contributed by atoms with Crippen LogP contribution in [0.25, 0.3) is 37.1 Å². The third-order valence-electron chi connectivity index (χ3n) is 4.26. The number of H-pyrrole nitrogens is 1. The van der Waals surface area contributed by atoms with Crippen LogP contribution in [0.5, 0.6) is 0 Å². The smallest absolute Gasteiger partial charge is 0.412 e. The lowest BCUT2D eigenvalue weighted by Crippen LogP contribution is -2.11. The van der Waals surface area contributed by atoms with E-state index < -0.39 is 6.09 Å². The Labute approximate surface area is 190 Å². The monoisotopic (exact) mass is 470 g/mol. The largest absolute Gasteiger partial charge is 0.453 e. The van der Waals surface area contributed by atoms with E-state index in [-0.39, 0.29) is 0 Å². The van der Waals surface area contributed by atoms with Gasteiger partial charge in [-0.1, -0.05) is 29.3 Å². The van der Waals surface area contributed by atoms with Crippen LogP contribution in [0, 0.1) is 6.57 Å². The minimum absolute atomic E-state index is 0.293. The standard InChI is InChI=1S/C20H12Cl2N6O2S/c1-23-16-15(12-4-3-11(21)8-13(12)22)18(19-25-9-26-28-19)31-17(16)10-5-6-24-14(7-10)27-20(29)30-2/h3-9H,2H3,(H,24,27,29)(H,25,26,28). The van der Waals surface area contributed by atoms with Crippen molar-refractivity contribution < 1.29 is 9.53 Å². The fourth-order valence-corrected chi connectivity index (χ4v) is 4.64. The molecule has 0 unspecified atom stereocenters. The molecule has 154 valence electrons. The van der Waals surface area contributed by atoms with Gasteiger partial charge in [0.05, 0.1) is 18.6 Å². The highest BCUT2D eigenvalue weighted by Crippen LogP contribution is 2.53. The van der Waals surface area contributed by atoms with Crippen molar-refractivity contribution in [2.75, 3.05) is 12.4 Å². The number of methoxy groups -OCH3 is 1. The molecule has 11 heteroatoms. The number of ether oxygens (including phenoxy) is 1. The van der Waals surface area contributed by atoms with Crippen molar-refractivity contribution in [3.8, 4) is 32.3 Å². The molecule has 0 radical (unpaired) electrons. The molecule has 31 heavy (non-hydrogen) atoms. The van der Waals surface area contributed by atoms with Gasteiger partial charge in [0.15, 0.2) is 5.82 Å². The van der Waals surface area contributed by atoms with E-state index in [0.29, 0.717) is 53.8 Å². The van der Waals surface area contributed by atoms with Crippen LogP contribution < -0.4 is 5.32 Å². The first-order valence-corrected chi connectivity index (χ1v) is 10.3. The van der Waals surface area contributed by atoms with Crippen molar-refractivity contribution in [1.29, 1.82) is 0 Å². The predicted octanol–water partition coefficient (Wildman–Crippen LogP) is 6.30. The molecule has 0 atom stereocenters. The highest BCUT2D eigenvalue weighted by atomic mass is 35.5. The van der Waals surface area contributed by atoms with Gasteiger partial charge in [-0.3, -0.25) is 10.4 Å². The molecule has 0 bridgehead atoms. The van der Waals surface area contributed by atoms with E-state index in [1.54, 1.807) is 30.3 Å². The van der Waals surface area contributed by atoms with E-state index >= 15 is 0 Å². The fraction of sp³-hybridized carbons (Fsp3) is 0.0500. The number of thiophene rings is 1. The van der Waals surface area contributed by atoms with Gasteiger partial charge in [0, 0.05) is 26.7 Å². The number of rotatable bonds is 4. The van der Waals surface area contributed by atoms with Gasteiger partial charge in [0.25, 0.3) is 0 Å². The van der Waals surface area contributed by atoms with E-state index in [4.69, 9.17) is 29.8 Å². The van der Waals surface area contributed by atoms with Crippen molar-refractivity contribution >= 4 is 52.1 Å². The van der Waals surface area contributed by atoms with Gasteiger partial charge in [0.2, 0.25) is 5.69 Å². The van der Waals surface area contributed by atoms with Crippen molar-refractivity contribution in [2.45, 2.75) is 0 Å². The molecule has 0 aliphatic rings. The Hall–Kier alpha value is -3.45. The summed E-state index contributed by atoms with van der Waals surface area (Å²) in [6.07, 6.45) is 2.29. The molecule has 4 aromatic rings. The number of benzene rings is 1. The van der Waals surface area contributed by atoms with Gasteiger partial charge in [-0.15, -0.1) is 11.3 Å². The number of carbonyl (C=O) groups excluding carboxylic acids is 1. The molecule has 0 saturated heterocycles. The summed E-state index contributed by atoms with van der Waals surface area (Å²) in [4.78, 5) is 25.1. The summed E-state index contributed by atoms with van der Waals surface area (Å²) in [6, 6.07) is 8.51. The van der Waals surface area contributed by atoms with E-state index in [2.05, 4.69) is 35.1 Å². The van der Waals surface area contributed by atoms with Crippen LogP contribution in [0.2, 0.25) is 10.0 Å². The Morgan fingerprint density at radius 3 is 2.74 bits per heavy atom. The predicted molar refractivity (Wildman–Crippen MR) is 121 cm³/mol. The number of aromatic nitrogens is 4. The number of aromatic amines is 1. The Morgan fingerprint density at radius 1 is 1.23 bits per heavy atom. The first-order valence-electron chi connectivity index (χ1n) is 8.68. The van der Waals surface area contributed by atoms with Crippen LogP contribution in [-0.4, -0.2) is 33.4 Å². The fourth-order valence-electron chi connectivity index (χ4n) is 2.94. The highest BCUT2D eigenvalue weighted by molar-refractivity contribution is 7.20. The zero-order valence-corrected chi connectivity index (χ0v) is 18.1. The molecule has 8 nitrogen and oxygen atoms in total. The topological polar surface area (TPSA) is 97.2 Å². The number of nitrogens with one attached hydrogen (secondary N) is 2. The van der Waals surface area contributed by atoms with Crippen LogP contribution in [0.4, 0.5) is 16.3 Å². The molecule has 1 amide bonds. The van der Waals surface area contributed by atoms with Gasteiger partial charge in [-0.2, -0.15) is 5.10 Å². The maximum absolute atomic E-state index is 11.6. The zero-order valence-electron chi connectivity index (χ0n) is 15.8. The Balaban J connectivity index is 1.94. The third kappa shape index (κ3) is 4.09. The molecule has 3 aromatic heterocycles. The summed E-state index contributed by atoms with van der Waals surface area (Å²) in [5.74, 6) is 0.796. The molecule has 1 aromatic carbocycles. The summed E-state index contributed by atoms with van der Waals surface area (Å²) >= 11 is 13.9. The lowest BCUT2D eigenvalue weighted by atomic mass is 10.0. The number of hydrogen-bond acceptors (Lipinski definition) is 6. The van der Waals surface area contributed by atoms with Gasteiger partial charge in [-0.25, -0.2) is 19.6 Å². The second-order valence-electron chi connectivity index (χ2n) is 6.10. The van der Waals surface area contributed by atoms with Gasteiger partial charge >= 0.3 is 6.09 Å². The van der Waals surface area contributed by atoms with Crippen LogP contribution in [-0.2, 0) is 4.74 Å². The lowest BCUT2D eigenvalue weighted by molar-refractivity contribution is 0.187. The molecular weight excluding hydrogens is 459 g/mol. The van der Waals surface area contributed by atoms with Crippen molar-refractivity contribution in [3.05, 3.63) is 64.3 Å². The lowest BCUT2D eigenvalue weighted by Gasteiger charge is -2.07. The van der Waals surface area contributed by atoms with E-state index in [0.717, 1.165) is 0 Å². The molecule has 0 spiro atoms. The molecule has 2 N–H and O–H groups in total. The van der Waals surface area contributed by atoms with Gasteiger partial charge in [0.1, 0.15) is 12.1 Å². The SMILES string of the molecule is [C-]#[N+]c1c(-c2ccnc(NC(=O)OC)c2)sc(-c2ncn[nH]2)c1-c1ccc(Cl)cc1Cl. The molecule has 0 aliphatic carbocycles. The van der Waals surface area contributed by atoms with Crippen molar-refractivity contribution in [2.24, 2.45) is 0 Å². The third-order valence-corrected chi connectivity index (χ3v) is 6.05. The quantitative estimate of drug-likeness (QED) is 0.341. The summed E-state index contributed by atoms with van der Waals surface area (Å²) in [5, 5.41) is 10.2. The number of hydrogen-bond donors (Lipinski definition) is 2. The van der Waals surface area contributed by atoms with Gasteiger partial charge < -0.3 is 4.74 Å². The number of carbonyl (C=O) groups is 1. The molecule has 0 aliphatic heterocycles. The molecular formula is C20H12Cl2N6O2S. The van der Waals surface area contributed by atoms with Gasteiger partial charge in [-0.05, 0) is 35.4 Å². The number of nitrogens with zero attached hydrogens (tertiary/aromatic N) is 4. The first kappa shape index (κ1) is 20.8. The number of amides is 1. The van der Waals surface area contributed by atoms with E-state index in [9.17, 15) is 4.79 Å². The number of anilines is 1. The van der Waals surface area contributed by atoms with E-state index in [1.165, 1.54) is 31.0 Å². The summed E-state index contributed by atoms with van der Waals surface area (Å²) in [5.41, 5.74) is 2.34. The Morgan fingerprint density at radius 2 is 2.06 bits per heavy atom.